The Labute approximate surface area is 232 Å². The molecule has 2 atom stereocenters. The van der Waals surface area contributed by atoms with Crippen LogP contribution in [0.25, 0.3) is 0 Å². The van der Waals surface area contributed by atoms with Gasteiger partial charge in [-0.05, 0) is 36.5 Å². The summed E-state index contributed by atoms with van der Waals surface area (Å²) in [5.74, 6) is 1.16. The molecule has 39 heavy (non-hydrogen) atoms. The number of anilines is 1. The molecule has 0 aromatic heterocycles. The first-order valence-electron chi connectivity index (χ1n) is 14.5. The highest BCUT2D eigenvalue weighted by Crippen LogP contribution is 2.39. The van der Waals surface area contributed by atoms with Gasteiger partial charge in [0.05, 0.1) is 24.5 Å². The number of likely N-dealkylation sites (tertiary alicyclic amines) is 2. The summed E-state index contributed by atoms with van der Waals surface area (Å²) in [5.41, 5.74) is 1.61. The summed E-state index contributed by atoms with van der Waals surface area (Å²) < 4.78 is 5.40. The number of urea groups is 1. The van der Waals surface area contributed by atoms with Gasteiger partial charge in [0, 0.05) is 51.6 Å². The van der Waals surface area contributed by atoms with E-state index in [1.165, 1.54) is 5.56 Å². The Morgan fingerprint density at radius 2 is 1.72 bits per heavy atom. The van der Waals surface area contributed by atoms with Crippen molar-refractivity contribution in [1.82, 2.24) is 20.0 Å². The number of amides is 3. The van der Waals surface area contributed by atoms with E-state index in [1.807, 2.05) is 29.2 Å². The molecule has 3 fully saturated rings. The van der Waals surface area contributed by atoms with Crippen LogP contribution < -0.4 is 15.4 Å². The second-order valence-corrected chi connectivity index (χ2v) is 11.4. The Bertz CT molecular complexity index is 1130. The van der Waals surface area contributed by atoms with Gasteiger partial charge in [0.1, 0.15) is 5.75 Å². The zero-order valence-electron chi connectivity index (χ0n) is 23.6. The molecule has 8 nitrogen and oxygen atoms in total. The van der Waals surface area contributed by atoms with Crippen molar-refractivity contribution < 1.29 is 14.3 Å². The van der Waals surface area contributed by atoms with Crippen LogP contribution in [0.4, 0.5) is 10.5 Å². The third-order valence-electron chi connectivity index (χ3n) is 9.00. The van der Waals surface area contributed by atoms with Crippen LogP contribution in [-0.4, -0.2) is 77.7 Å². The molecule has 0 aliphatic carbocycles. The zero-order chi connectivity index (χ0) is 27.4. The highest BCUT2D eigenvalue weighted by Gasteiger charge is 2.55. The Kier molecular flexibility index (Phi) is 8.43. The molecule has 3 amide bonds. The molecule has 210 valence electrons. The monoisotopic (exact) mass is 533 g/mol. The van der Waals surface area contributed by atoms with Crippen molar-refractivity contribution in [1.29, 1.82) is 0 Å². The zero-order valence-corrected chi connectivity index (χ0v) is 23.6. The quantitative estimate of drug-likeness (QED) is 0.547. The molecule has 3 aliphatic rings. The van der Waals surface area contributed by atoms with Crippen molar-refractivity contribution in [2.45, 2.75) is 70.2 Å². The van der Waals surface area contributed by atoms with Crippen molar-refractivity contribution >= 4 is 17.6 Å². The van der Waals surface area contributed by atoms with Crippen LogP contribution in [0.1, 0.15) is 51.5 Å². The van der Waals surface area contributed by atoms with Gasteiger partial charge in [-0.1, -0.05) is 62.7 Å². The lowest BCUT2D eigenvalue weighted by Crippen LogP contribution is -2.63. The maximum Gasteiger partial charge on any atom is 0.321 e. The third-order valence-corrected chi connectivity index (χ3v) is 9.00. The van der Waals surface area contributed by atoms with Crippen LogP contribution in [0.3, 0.4) is 0 Å². The summed E-state index contributed by atoms with van der Waals surface area (Å²) in [6, 6.07) is 18.0. The van der Waals surface area contributed by atoms with Gasteiger partial charge >= 0.3 is 6.03 Å². The van der Waals surface area contributed by atoms with E-state index in [0.717, 1.165) is 51.7 Å². The van der Waals surface area contributed by atoms with Gasteiger partial charge in [-0.15, -0.1) is 0 Å². The normalized spacial score (nSPS) is 22.7. The summed E-state index contributed by atoms with van der Waals surface area (Å²) >= 11 is 0. The molecule has 2 N–H and O–H groups in total. The predicted molar refractivity (Wildman–Crippen MR) is 154 cm³/mol. The standard InChI is InChI=1S/C31H43N5O3/c1-4-23(2)28-29(37)36(25-14-18-34(19-15-25)22-24-10-6-5-7-11-24)31(33-28)16-20-35(21-17-31)30(38)32-26-12-8-9-13-27(26)39-3/h5-13,23,25,28,33H,4,14-22H2,1-3H3,(H,32,38)/t23-,28+/m0/s1. The van der Waals surface area contributed by atoms with E-state index in [9.17, 15) is 9.59 Å². The molecule has 8 heteroatoms. The van der Waals surface area contributed by atoms with Gasteiger partial charge in [-0.3, -0.25) is 15.0 Å². The smallest absolute Gasteiger partial charge is 0.321 e. The lowest BCUT2D eigenvalue weighted by molar-refractivity contribution is -0.138. The molecule has 0 bridgehead atoms. The van der Waals surface area contributed by atoms with Crippen LogP contribution in [0, 0.1) is 5.92 Å². The number of ether oxygens (including phenoxy) is 1. The summed E-state index contributed by atoms with van der Waals surface area (Å²) in [6.45, 7) is 8.45. The number of rotatable bonds is 7. The van der Waals surface area contributed by atoms with Crippen molar-refractivity contribution in [3.63, 3.8) is 0 Å². The van der Waals surface area contributed by atoms with E-state index in [1.54, 1.807) is 7.11 Å². The highest BCUT2D eigenvalue weighted by molar-refractivity contribution is 5.91. The van der Waals surface area contributed by atoms with Crippen LogP contribution in [0.15, 0.2) is 54.6 Å². The number of hydrogen-bond acceptors (Lipinski definition) is 5. The molecule has 1 spiro atoms. The van der Waals surface area contributed by atoms with Gasteiger partial charge in [0.25, 0.3) is 0 Å². The first kappa shape index (κ1) is 27.5. The van der Waals surface area contributed by atoms with Gasteiger partial charge in [0.15, 0.2) is 0 Å². The summed E-state index contributed by atoms with van der Waals surface area (Å²) in [5, 5.41) is 6.83. The Hall–Kier alpha value is -3.10. The fourth-order valence-electron chi connectivity index (χ4n) is 6.52. The van der Waals surface area contributed by atoms with E-state index in [-0.39, 0.29) is 29.9 Å². The molecule has 3 heterocycles. The van der Waals surface area contributed by atoms with Crippen LogP contribution in [0.2, 0.25) is 0 Å². The number of methoxy groups -OCH3 is 1. The molecule has 3 aliphatic heterocycles. The van der Waals surface area contributed by atoms with E-state index >= 15 is 0 Å². The van der Waals surface area contributed by atoms with E-state index < -0.39 is 5.66 Å². The second kappa shape index (κ2) is 12.0. The first-order chi connectivity index (χ1) is 18.9. The molecule has 0 radical (unpaired) electrons. The number of piperidine rings is 2. The van der Waals surface area contributed by atoms with E-state index in [4.69, 9.17) is 4.74 Å². The number of nitrogens with zero attached hydrogens (tertiary/aromatic N) is 3. The summed E-state index contributed by atoms with van der Waals surface area (Å²) in [4.78, 5) is 33.7. The average Bonchev–Trinajstić information content (AvgIpc) is 3.25. The maximum absolute atomic E-state index is 13.9. The van der Waals surface area contributed by atoms with E-state index in [2.05, 4.69) is 64.6 Å². The first-order valence-corrected chi connectivity index (χ1v) is 14.5. The van der Waals surface area contributed by atoms with Crippen LogP contribution in [-0.2, 0) is 11.3 Å². The minimum atomic E-state index is -0.390. The highest BCUT2D eigenvalue weighted by atomic mass is 16.5. The summed E-state index contributed by atoms with van der Waals surface area (Å²) in [7, 11) is 1.60. The lowest BCUT2D eigenvalue weighted by atomic mass is 9.92. The van der Waals surface area contributed by atoms with Crippen molar-refractivity contribution in [2.24, 2.45) is 5.92 Å². The predicted octanol–water partition coefficient (Wildman–Crippen LogP) is 4.53. The van der Waals surface area contributed by atoms with Crippen LogP contribution >= 0.6 is 0 Å². The van der Waals surface area contributed by atoms with Gasteiger partial charge in [0.2, 0.25) is 5.91 Å². The van der Waals surface area contributed by atoms with Gasteiger partial charge < -0.3 is 19.9 Å². The van der Waals surface area contributed by atoms with Crippen molar-refractivity contribution in [3.8, 4) is 5.75 Å². The largest absolute Gasteiger partial charge is 0.495 e. The summed E-state index contributed by atoms with van der Waals surface area (Å²) in [6.07, 6.45) is 4.38. The number of hydrogen-bond donors (Lipinski definition) is 2. The minimum absolute atomic E-state index is 0.127. The van der Waals surface area contributed by atoms with Gasteiger partial charge in [-0.2, -0.15) is 0 Å². The third kappa shape index (κ3) is 5.77. The fourth-order valence-corrected chi connectivity index (χ4v) is 6.52. The van der Waals surface area contributed by atoms with Crippen molar-refractivity contribution in [3.05, 3.63) is 60.2 Å². The average molecular weight is 534 g/mol. The number of nitrogens with one attached hydrogen (secondary N) is 2. The molecule has 5 rings (SSSR count). The number of carbonyl (C=O) groups excluding carboxylic acids is 2. The van der Waals surface area contributed by atoms with Crippen molar-refractivity contribution in [2.75, 3.05) is 38.6 Å². The van der Waals surface area contributed by atoms with Crippen LogP contribution in [0.5, 0.6) is 5.75 Å². The SMILES string of the molecule is CC[C@H](C)[C@H]1NC2(CCN(C(=O)Nc3ccccc3OC)CC2)N(C2CCN(Cc3ccccc3)CC2)C1=O. The topological polar surface area (TPSA) is 77.2 Å². The van der Waals surface area contributed by atoms with E-state index in [0.29, 0.717) is 24.5 Å². The molecule has 2 aromatic carbocycles. The molecular formula is C31H43N5O3. The second-order valence-electron chi connectivity index (χ2n) is 11.4. The fraction of sp³-hybridized carbons (Fsp3) is 0.548. The Morgan fingerprint density at radius 3 is 2.38 bits per heavy atom. The number of benzene rings is 2. The molecule has 0 saturated carbocycles. The van der Waals surface area contributed by atoms with Gasteiger partial charge in [-0.25, -0.2) is 4.79 Å². The maximum atomic E-state index is 13.9. The lowest BCUT2D eigenvalue weighted by Gasteiger charge is -2.49. The number of para-hydroxylation sites is 2. The Morgan fingerprint density at radius 1 is 1.05 bits per heavy atom. The molecule has 0 unspecified atom stereocenters. The molecule has 2 aromatic rings. The number of carbonyl (C=O) groups is 2. The Balaban J connectivity index is 1.26. The minimum Gasteiger partial charge on any atom is -0.495 e. The molecular weight excluding hydrogens is 490 g/mol. The molecule has 3 saturated heterocycles.